The number of carbonyl (C=O) groups is 1. The number of hydrogen-bond acceptors (Lipinski definition) is 6. The maximum atomic E-state index is 12.5. The molecule has 3 heterocycles. The van der Waals surface area contributed by atoms with Gasteiger partial charge in [-0.15, -0.1) is 10.2 Å². The maximum absolute atomic E-state index is 12.5. The van der Waals surface area contributed by atoms with Crippen molar-refractivity contribution in [3.05, 3.63) is 48.0 Å². The van der Waals surface area contributed by atoms with E-state index in [4.69, 9.17) is 11.6 Å². The molecule has 0 aliphatic heterocycles. The molecule has 3 aromatic rings. The minimum absolute atomic E-state index is 0.175. The summed E-state index contributed by atoms with van der Waals surface area (Å²) in [6.07, 6.45) is 5.95. The van der Waals surface area contributed by atoms with Crippen LogP contribution in [0.4, 0.5) is 5.69 Å². The van der Waals surface area contributed by atoms with Gasteiger partial charge in [-0.05, 0) is 37.6 Å². The van der Waals surface area contributed by atoms with Crippen LogP contribution in [-0.2, 0) is 11.3 Å². The fourth-order valence-corrected chi connectivity index (χ4v) is 3.48. The summed E-state index contributed by atoms with van der Waals surface area (Å²) in [7, 11) is 0. The van der Waals surface area contributed by atoms with Crippen molar-refractivity contribution in [3.63, 3.8) is 0 Å². The Labute approximate surface area is 166 Å². The topological polar surface area (TPSA) is 85.6 Å². The number of aromatic nitrogens is 5. The van der Waals surface area contributed by atoms with Crippen molar-refractivity contribution < 1.29 is 4.79 Å². The summed E-state index contributed by atoms with van der Waals surface area (Å²) in [6.45, 7) is 4.67. The van der Waals surface area contributed by atoms with E-state index in [0.717, 1.165) is 24.4 Å². The van der Waals surface area contributed by atoms with Crippen LogP contribution in [-0.4, -0.2) is 35.9 Å². The lowest BCUT2D eigenvalue weighted by molar-refractivity contribution is -0.115. The lowest BCUT2D eigenvalue weighted by Gasteiger charge is -2.13. The van der Waals surface area contributed by atoms with Gasteiger partial charge in [-0.25, -0.2) is 4.98 Å². The molecule has 0 spiro atoms. The van der Waals surface area contributed by atoms with E-state index in [0.29, 0.717) is 10.8 Å². The Kier molecular flexibility index (Phi) is 6.41. The first kappa shape index (κ1) is 19.3. The zero-order valence-electron chi connectivity index (χ0n) is 15.0. The molecule has 7 nitrogen and oxygen atoms in total. The summed E-state index contributed by atoms with van der Waals surface area (Å²) in [4.78, 5) is 20.5. The third-order valence-corrected chi connectivity index (χ3v) is 5.15. The largest absolute Gasteiger partial charge is 0.322 e. The second kappa shape index (κ2) is 8.96. The minimum Gasteiger partial charge on any atom is -0.322 e. The van der Waals surface area contributed by atoms with Crippen LogP contribution >= 0.6 is 23.4 Å². The highest BCUT2D eigenvalue weighted by molar-refractivity contribution is 8.00. The molecule has 0 aliphatic carbocycles. The average Bonchev–Trinajstić information content (AvgIpc) is 3.07. The van der Waals surface area contributed by atoms with Crippen molar-refractivity contribution in [1.29, 1.82) is 0 Å². The molecule has 1 atom stereocenters. The van der Waals surface area contributed by atoms with Gasteiger partial charge in [0.2, 0.25) is 5.91 Å². The smallest absolute Gasteiger partial charge is 0.237 e. The van der Waals surface area contributed by atoms with Gasteiger partial charge in [0, 0.05) is 30.7 Å². The molecule has 9 heteroatoms. The molecule has 3 aromatic heterocycles. The predicted octanol–water partition coefficient (Wildman–Crippen LogP) is 3.92. The molecule has 0 saturated carbocycles. The van der Waals surface area contributed by atoms with Crippen LogP contribution in [0.1, 0.15) is 20.3 Å². The van der Waals surface area contributed by atoms with Gasteiger partial charge in [-0.3, -0.25) is 9.78 Å². The van der Waals surface area contributed by atoms with Crippen LogP contribution in [0.25, 0.3) is 11.4 Å². The van der Waals surface area contributed by atoms with E-state index < -0.39 is 0 Å². The first-order valence-corrected chi connectivity index (χ1v) is 9.77. The molecule has 0 fully saturated rings. The third-order valence-electron chi connectivity index (χ3n) is 3.77. The Hall–Kier alpha value is -2.45. The highest BCUT2D eigenvalue weighted by Gasteiger charge is 2.21. The molecule has 1 amide bonds. The van der Waals surface area contributed by atoms with Gasteiger partial charge in [0.25, 0.3) is 0 Å². The van der Waals surface area contributed by atoms with Gasteiger partial charge in [0.15, 0.2) is 16.1 Å². The Bertz CT molecular complexity index is 917. The van der Waals surface area contributed by atoms with E-state index in [9.17, 15) is 4.79 Å². The van der Waals surface area contributed by atoms with E-state index >= 15 is 0 Å². The summed E-state index contributed by atoms with van der Waals surface area (Å²) < 4.78 is 2.03. The quantitative estimate of drug-likeness (QED) is 0.476. The van der Waals surface area contributed by atoms with Crippen LogP contribution in [0, 0.1) is 0 Å². The molecule has 3 rings (SSSR count). The lowest BCUT2D eigenvalue weighted by Crippen LogP contribution is -2.23. The zero-order chi connectivity index (χ0) is 19.2. The molecule has 140 valence electrons. The predicted molar refractivity (Wildman–Crippen MR) is 107 cm³/mol. The van der Waals surface area contributed by atoms with Crippen LogP contribution in [0.5, 0.6) is 0 Å². The second-order valence-electron chi connectivity index (χ2n) is 5.78. The number of anilines is 1. The summed E-state index contributed by atoms with van der Waals surface area (Å²) in [5, 5.41) is 12.0. The van der Waals surface area contributed by atoms with Gasteiger partial charge in [0.05, 0.1) is 10.9 Å². The van der Waals surface area contributed by atoms with E-state index in [-0.39, 0.29) is 16.3 Å². The van der Waals surface area contributed by atoms with E-state index in [1.165, 1.54) is 11.8 Å². The van der Waals surface area contributed by atoms with Gasteiger partial charge in [0.1, 0.15) is 0 Å². The van der Waals surface area contributed by atoms with Gasteiger partial charge in [-0.2, -0.15) is 0 Å². The second-order valence-corrected chi connectivity index (χ2v) is 7.45. The zero-order valence-corrected chi connectivity index (χ0v) is 16.5. The molecule has 0 aromatic carbocycles. The SMILES string of the molecule is CCCn1c(S[C@@H](C)C(=O)Nc2cccnc2Cl)nnc1-c1ccncc1. The number of pyridine rings is 2. The highest BCUT2D eigenvalue weighted by atomic mass is 35.5. The first-order valence-electron chi connectivity index (χ1n) is 8.51. The molecule has 0 bridgehead atoms. The maximum Gasteiger partial charge on any atom is 0.237 e. The fraction of sp³-hybridized carbons (Fsp3) is 0.278. The monoisotopic (exact) mass is 402 g/mol. The van der Waals surface area contributed by atoms with Crippen LogP contribution in [0.15, 0.2) is 48.0 Å². The molecule has 1 N–H and O–H groups in total. The molecular weight excluding hydrogens is 384 g/mol. The number of halogens is 1. The standard InChI is InChI=1S/C18H19ClN6OS/c1-3-11-25-16(13-6-9-20-10-7-13)23-24-18(25)27-12(2)17(26)22-14-5-4-8-21-15(14)19/h4-10,12H,3,11H2,1-2H3,(H,22,26)/t12-/m0/s1. The van der Waals surface area contributed by atoms with E-state index in [2.05, 4.69) is 32.4 Å². The summed E-state index contributed by atoms with van der Waals surface area (Å²) in [5.41, 5.74) is 1.43. The number of amides is 1. The Morgan fingerprint density at radius 3 is 2.74 bits per heavy atom. The van der Waals surface area contributed by atoms with Gasteiger partial charge >= 0.3 is 0 Å². The molecule has 0 unspecified atom stereocenters. The molecule has 0 radical (unpaired) electrons. The van der Waals surface area contributed by atoms with E-state index in [1.807, 2.05) is 23.6 Å². The molecule has 27 heavy (non-hydrogen) atoms. The highest BCUT2D eigenvalue weighted by Crippen LogP contribution is 2.28. The van der Waals surface area contributed by atoms with Crippen LogP contribution < -0.4 is 5.32 Å². The van der Waals surface area contributed by atoms with Crippen molar-refractivity contribution in [2.45, 2.75) is 37.2 Å². The van der Waals surface area contributed by atoms with Crippen molar-refractivity contribution in [1.82, 2.24) is 24.7 Å². The van der Waals surface area contributed by atoms with Crippen molar-refractivity contribution in [2.24, 2.45) is 0 Å². The summed E-state index contributed by atoms with van der Waals surface area (Å²) in [6, 6.07) is 7.22. The van der Waals surface area contributed by atoms with Crippen LogP contribution in [0.2, 0.25) is 5.15 Å². The minimum atomic E-state index is -0.383. The summed E-state index contributed by atoms with van der Waals surface area (Å²) >= 11 is 7.36. The third kappa shape index (κ3) is 4.64. The Morgan fingerprint density at radius 1 is 1.26 bits per heavy atom. The number of rotatable bonds is 7. The van der Waals surface area contributed by atoms with Crippen LogP contribution in [0.3, 0.4) is 0 Å². The lowest BCUT2D eigenvalue weighted by atomic mass is 10.2. The number of thioether (sulfide) groups is 1. The number of nitrogens with one attached hydrogen (secondary N) is 1. The first-order chi connectivity index (χ1) is 13.1. The molecule has 0 saturated heterocycles. The molecule has 0 aliphatic rings. The van der Waals surface area contributed by atoms with Crippen molar-refractivity contribution in [2.75, 3.05) is 5.32 Å². The Balaban J connectivity index is 1.77. The van der Waals surface area contributed by atoms with E-state index in [1.54, 1.807) is 30.7 Å². The van der Waals surface area contributed by atoms with Gasteiger partial charge in [-0.1, -0.05) is 30.3 Å². The number of nitrogens with zero attached hydrogens (tertiary/aromatic N) is 5. The van der Waals surface area contributed by atoms with Crippen molar-refractivity contribution in [3.8, 4) is 11.4 Å². The number of carbonyl (C=O) groups excluding carboxylic acids is 1. The summed E-state index contributed by atoms with van der Waals surface area (Å²) in [5.74, 6) is 0.594. The van der Waals surface area contributed by atoms with Crippen molar-refractivity contribution >= 4 is 35.0 Å². The average molecular weight is 403 g/mol. The fourth-order valence-electron chi connectivity index (χ4n) is 2.44. The van der Waals surface area contributed by atoms with Gasteiger partial charge < -0.3 is 9.88 Å². The number of hydrogen-bond donors (Lipinski definition) is 1. The molecular formula is C18H19ClN6OS. The normalized spacial score (nSPS) is 12.0. The Morgan fingerprint density at radius 2 is 2.04 bits per heavy atom.